The van der Waals surface area contributed by atoms with Crippen LogP contribution >= 0.6 is 11.8 Å². The highest BCUT2D eigenvalue weighted by Crippen LogP contribution is 2.19. The van der Waals surface area contributed by atoms with Gasteiger partial charge in [-0.05, 0) is 44.5 Å². The number of hydrogen-bond donors (Lipinski definition) is 1. The van der Waals surface area contributed by atoms with Crippen LogP contribution in [0.15, 0.2) is 46.6 Å². The largest absolute Gasteiger partial charge is 0.497 e. The number of hydrogen-bond acceptors (Lipinski definition) is 8. The molecule has 1 aromatic carbocycles. The molecule has 0 aliphatic carbocycles. The number of nitrogens with one attached hydrogen (secondary N) is 1. The normalized spacial score (nSPS) is 11.1. The Morgan fingerprint density at radius 3 is 2.65 bits per heavy atom. The van der Waals surface area contributed by atoms with Crippen molar-refractivity contribution in [2.75, 3.05) is 24.8 Å². The summed E-state index contributed by atoms with van der Waals surface area (Å²) in [5, 5.41) is 3.24. The zero-order chi connectivity index (χ0) is 22.2. The maximum absolute atomic E-state index is 12.9. The second kappa shape index (κ2) is 10.9. The van der Waals surface area contributed by atoms with E-state index in [9.17, 15) is 9.59 Å². The summed E-state index contributed by atoms with van der Waals surface area (Å²) in [7, 11) is 1.58. The number of nitrogens with zero attached hydrogens (tertiary/aromatic N) is 4. The quantitative estimate of drug-likeness (QED) is 0.289. The molecule has 0 fully saturated rings. The van der Waals surface area contributed by atoms with E-state index in [1.165, 1.54) is 28.7 Å². The van der Waals surface area contributed by atoms with Gasteiger partial charge in [-0.1, -0.05) is 11.8 Å². The topological polar surface area (TPSA) is 108 Å². The van der Waals surface area contributed by atoms with Gasteiger partial charge in [0.25, 0.3) is 5.56 Å². The molecule has 0 aliphatic heterocycles. The Balaban J connectivity index is 1.73. The van der Waals surface area contributed by atoms with E-state index in [0.29, 0.717) is 36.2 Å². The maximum Gasteiger partial charge on any atom is 0.282 e. The Morgan fingerprint density at radius 1 is 1.19 bits per heavy atom. The molecule has 0 saturated carbocycles. The number of fused-ring (bicyclic) bond motifs is 1. The third kappa shape index (κ3) is 6.25. The molecule has 31 heavy (non-hydrogen) atoms. The lowest BCUT2D eigenvalue weighted by molar-refractivity contribution is -0.113. The van der Waals surface area contributed by atoms with E-state index in [-0.39, 0.29) is 34.5 Å². The monoisotopic (exact) mass is 443 g/mol. The zero-order valence-electron chi connectivity index (χ0n) is 17.7. The van der Waals surface area contributed by atoms with Crippen molar-refractivity contribution in [2.24, 2.45) is 0 Å². The highest BCUT2D eigenvalue weighted by Gasteiger charge is 2.15. The summed E-state index contributed by atoms with van der Waals surface area (Å²) >= 11 is 1.18. The Kier molecular flexibility index (Phi) is 7.96. The van der Waals surface area contributed by atoms with E-state index in [1.807, 2.05) is 13.8 Å². The molecule has 0 saturated heterocycles. The van der Waals surface area contributed by atoms with Crippen LogP contribution in [0.1, 0.15) is 20.3 Å². The zero-order valence-corrected chi connectivity index (χ0v) is 18.5. The molecule has 9 nitrogen and oxygen atoms in total. The Hall–Kier alpha value is -2.98. The van der Waals surface area contributed by atoms with E-state index < -0.39 is 0 Å². The maximum atomic E-state index is 12.9. The predicted octanol–water partition coefficient (Wildman–Crippen LogP) is 2.74. The van der Waals surface area contributed by atoms with Crippen molar-refractivity contribution in [1.82, 2.24) is 19.5 Å². The van der Waals surface area contributed by atoms with Crippen LogP contribution in [0.4, 0.5) is 5.69 Å². The number of thioether (sulfide) groups is 1. The second-order valence-corrected chi connectivity index (χ2v) is 7.86. The van der Waals surface area contributed by atoms with Gasteiger partial charge in [0.1, 0.15) is 5.75 Å². The summed E-state index contributed by atoms with van der Waals surface area (Å²) in [5.41, 5.74) is 0.854. The number of rotatable bonds is 10. The number of anilines is 1. The van der Waals surface area contributed by atoms with Crippen molar-refractivity contribution < 1.29 is 14.3 Å². The van der Waals surface area contributed by atoms with E-state index in [4.69, 9.17) is 9.47 Å². The Bertz CT molecular complexity index is 1090. The summed E-state index contributed by atoms with van der Waals surface area (Å²) in [6.45, 7) is 4.85. The second-order valence-electron chi connectivity index (χ2n) is 6.92. The lowest BCUT2D eigenvalue weighted by Crippen LogP contribution is -2.26. The predicted molar refractivity (Wildman–Crippen MR) is 120 cm³/mol. The molecule has 0 unspecified atom stereocenters. The summed E-state index contributed by atoms with van der Waals surface area (Å²) in [4.78, 5) is 38.1. The van der Waals surface area contributed by atoms with Crippen LogP contribution in [0.2, 0.25) is 0 Å². The average molecular weight is 444 g/mol. The molecular formula is C21H25N5O4S. The van der Waals surface area contributed by atoms with Gasteiger partial charge in [0, 0.05) is 31.2 Å². The number of benzene rings is 1. The minimum absolute atomic E-state index is 0.0900. The molecule has 0 bridgehead atoms. The summed E-state index contributed by atoms with van der Waals surface area (Å²) in [6.07, 6.45) is 3.71. The number of methoxy groups -OCH3 is 1. The summed E-state index contributed by atoms with van der Waals surface area (Å²) in [5.74, 6) is 0.588. The highest BCUT2D eigenvalue weighted by molar-refractivity contribution is 7.99. The first-order valence-electron chi connectivity index (χ1n) is 9.88. The van der Waals surface area contributed by atoms with Crippen molar-refractivity contribution in [1.29, 1.82) is 0 Å². The highest BCUT2D eigenvalue weighted by atomic mass is 32.2. The van der Waals surface area contributed by atoms with E-state index in [1.54, 1.807) is 31.4 Å². The minimum Gasteiger partial charge on any atom is -0.497 e. The number of carbonyl (C=O) groups is 1. The number of ether oxygens (including phenoxy) is 2. The SMILES string of the molecule is COc1ccc(NC(=O)CSc2nc3nccnc3c(=O)n2CCCOC(C)C)cc1. The molecule has 0 radical (unpaired) electrons. The van der Waals surface area contributed by atoms with Crippen molar-refractivity contribution in [3.8, 4) is 5.75 Å². The Labute approximate surface area is 184 Å². The molecule has 2 aromatic heterocycles. The van der Waals surface area contributed by atoms with Gasteiger partial charge >= 0.3 is 0 Å². The molecule has 1 N–H and O–H groups in total. The summed E-state index contributed by atoms with van der Waals surface area (Å²) < 4.78 is 12.2. The van der Waals surface area contributed by atoms with Crippen molar-refractivity contribution in [3.05, 3.63) is 47.0 Å². The first-order chi connectivity index (χ1) is 15.0. The molecule has 10 heteroatoms. The third-order valence-corrected chi connectivity index (χ3v) is 5.22. The van der Waals surface area contributed by atoms with E-state index in [2.05, 4.69) is 20.3 Å². The smallest absolute Gasteiger partial charge is 0.282 e. The van der Waals surface area contributed by atoms with Gasteiger partial charge in [0.05, 0.1) is 19.0 Å². The lowest BCUT2D eigenvalue weighted by atomic mass is 10.3. The number of amides is 1. The fraction of sp³-hybridized carbons (Fsp3) is 0.381. The summed E-state index contributed by atoms with van der Waals surface area (Å²) in [6, 6.07) is 7.05. The van der Waals surface area contributed by atoms with E-state index in [0.717, 1.165) is 0 Å². The fourth-order valence-corrected chi connectivity index (χ4v) is 3.59. The van der Waals surface area contributed by atoms with Crippen molar-refractivity contribution in [3.63, 3.8) is 0 Å². The van der Waals surface area contributed by atoms with Crippen molar-refractivity contribution >= 4 is 34.5 Å². The van der Waals surface area contributed by atoms with Crippen LogP contribution in [0.3, 0.4) is 0 Å². The third-order valence-electron chi connectivity index (χ3n) is 4.24. The molecule has 3 aromatic rings. The van der Waals surface area contributed by atoms with Gasteiger partial charge in [-0.25, -0.2) is 15.0 Å². The molecule has 0 atom stereocenters. The van der Waals surface area contributed by atoms with Gasteiger partial charge in [0.15, 0.2) is 16.3 Å². The molecule has 1 amide bonds. The fourth-order valence-electron chi connectivity index (χ4n) is 2.78. The Morgan fingerprint density at radius 2 is 1.94 bits per heavy atom. The van der Waals surface area contributed by atoms with E-state index >= 15 is 0 Å². The number of aromatic nitrogens is 4. The molecule has 164 valence electrons. The molecule has 3 rings (SSSR count). The van der Waals surface area contributed by atoms with Gasteiger partial charge in [-0.15, -0.1) is 0 Å². The first kappa shape index (κ1) is 22.7. The van der Waals surface area contributed by atoms with Crippen LogP contribution in [-0.2, 0) is 16.1 Å². The number of carbonyl (C=O) groups excluding carboxylic acids is 1. The van der Waals surface area contributed by atoms with Crippen LogP contribution in [0.5, 0.6) is 5.75 Å². The van der Waals surface area contributed by atoms with Gasteiger partial charge < -0.3 is 14.8 Å². The van der Waals surface area contributed by atoms with Crippen LogP contribution < -0.4 is 15.6 Å². The van der Waals surface area contributed by atoms with Gasteiger partial charge in [-0.2, -0.15) is 0 Å². The minimum atomic E-state index is -0.277. The van der Waals surface area contributed by atoms with Crippen LogP contribution in [0, 0.1) is 0 Å². The lowest BCUT2D eigenvalue weighted by Gasteiger charge is -2.13. The average Bonchev–Trinajstić information content (AvgIpc) is 2.77. The molecule has 0 aliphatic rings. The van der Waals surface area contributed by atoms with Crippen molar-refractivity contribution in [2.45, 2.75) is 38.1 Å². The van der Waals surface area contributed by atoms with Crippen LogP contribution in [-0.4, -0.2) is 51.0 Å². The molecular weight excluding hydrogens is 418 g/mol. The molecule has 0 spiro atoms. The first-order valence-corrected chi connectivity index (χ1v) is 10.9. The van der Waals surface area contributed by atoms with Crippen LogP contribution in [0.25, 0.3) is 11.2 Å². The van der Waals surface area contributed by atoms with Gasteiger partial charge in [0.2, 0.25) is 5.91 Å². The standard InChI is InChI=1S/C21H25N5O4S/c1-14(2)30-12-4-11-26-20(28)18-19(23-10-9-22-18)25-21(26)31-13-17(27)24-15-5-7-16(29-3)8-6-15/h5-10,14H,4,11-13H2,1-3H3,(H,24,27). The van der Waals surface area contributed by atoms with Gasteiger partial charge in [-0.3, -0.25) is 14.2 Å². The molecule has 2 heterocycles.